The van der Waals surface area contributed by atoms with E-state index in [1.165, 1.54) is 18.6 Å². The molecule has 0 spiro atoms. The summed E-state index contributed by atoms with van der Waals surface area (Å²) in [6.07, 6.45) is -3.28. The van der Waals surface area contributed by atoms with Gasteiger partial charge >= 0.3 is 6.18 Å². The Labute approximate surface area is 222 Å². The molecule has 0 saturated carbocycles. The van der Waals surface area contributed by atoms with Gasteiger partial charge in [-0.3, -0.25) is 9.69 Å². The standard InChI is InChI=1S/C29H26F3NO4S/c1-18-12-13-33(17-18)14-15-36-22-7-9-23(10-8-22)37-27-24-11-6-21(34)16-25(24)38-28(27)26(35)19-2-4-20(5-3-19)29(30,31)32/h2-11,16,18,34H,12-15,17H2,1H3/t18-/m0/s1. The Morgan fingerprint density at radius 3 is 2.42 bits per heavy atom. The van der Waals surface area contributed by atoms with Gasteiger partial charge in [-0.25, -0.2) is 0 Å². The molecular formula is C29H26F3NO4S. The lowest BCUT2D eigenvalue weighted by Gasteiger charge is -2.15. The van der Waals surface area contributed by atoms with Crippen LogP contribution >= 0.6 is 11.3 Å². The number of nitrogens with zero attached hydrogens (tertiary/aromatic N) is 1. The fraction of sp³-hybridized carbons (Fsp3) is 0.276. The molecule has 0 bridgehead atoms. The molecule has 0 amide bonds. The molecule has 1 aromatic heterocycles. The smallest absolute Gasteiger partial charge is 0.416 e. The molecule has 198 valence electrons. The van der Waals surface area contributed by atoms with Crippen molar-refractivity contribution >= 4 is 27.2 Å². The summed E-state index contributed by atoms with van der Waals surface area (Å²) in [7, 11) is 0. The number of carbonyl (C=O) groups excluding carboxylic acids is 1. The van der Waals surface area contributed by atoms with Crippen LogP contribution in [-0.4, -0.2) is 42.0 Å². The molecule has 1 fully saturated rings. The molecule has 0 radical (unpaired) electrons. The summed E-state index contributed by atoms with van der Waals surface area (Å²) in [4.78, 5) is 16.0. The van der Waals surface area contributed by atoms with Crippen molar-refractivity contribution in [3.63, 3.8) is 0 Å². The van der Waals surface area contributed by atoms with Crippen molar-refractivity contribution in [2.75, 3.05) is 26.2 Å². The van der Waals surface area contributed by atoms with Gasteiger partial charge in [0.25, 0.3) is 0 Å². The second kappa shape index (κ2) is 10.7. The van der Waals surface area contributed by atoms with Gasteiger partial charge in [0.05, 0.1) is 5.56 Å². The highest BCUT2D eigenvalue weighted by Crippen LogP contribution is 2.43. The largest absolute Gasteiger partial charge is 0.508 e. The molecule has 1 aliphatic heterocycles. The van der Waals surface area contributed by atoms with Gasteiger partial charge in [-0.1, -0.05) is 19.1 Å². The Hall–Kier alpha value is -3.56. The van der Waals surface area contributed by atoms with E-state index in [0.29, 0.717) is 28.2 Å². The Morgan fingerprint density at radius 2 is 1.76 bits per heavy atom. The minimum absolute atomic E-state index is 0.0312. The SMILES string of the molecule is C[C@H]1CCN(CCOc2ccc(Oc3c(C(=O)c4ccc(C(F)(F)F)cc4)sc4cc(O)ccc34)cc2)C1. The van der Waals surface area contributed by atoms with Crippen LogP contribution in [0.1, 0.15) is 34.1 Å². The lowest BCUT2D eigenvalue weighted by atomic mass is 10.1. The maximum Gasteiger partial charge on any atom is 0.416 e. The number of fused-ring (bicyclic) bond motifs is 1. The number of thiophene rings is 1. The predicted molar refractivity (Wildman–Crippen MR) is 141 cm³/mol. The number of rotatable bonds is 8. The predicted octanol–water partition coefficient (Wildman–Crippen LogP) is 7.37. The molecular weight excluding hydrogens is 515 g/mol. The maximum absolute atomic E-state index is 13.3. The van der Waals surface area contributed by atoms with Crippen LogP contribution in [0.4, 0.5) is 13.2 Å². The van der Waals surface area contributed by atoms with E-state index in [4.69, 9.17) is 9.47 Å². The molecule has 4 aromatic rings. The zero-order valence-corrected chi connectivity index (χ0v) is 21.4. The van der Waals surface area contributed by atoms with Crippen molar-refractivity contribution in [3.05, 3.63) is 82.7 Å². The first-order valence-corrected chi connectivity index (χ1v) is 13.1. The average Bonchev–Trinajstić information content (AvgIpc) is 3.46. The number of likely N-dealkylation sites (tertiary alicyclic amines) is 1. The van der Waals surface area contributed by atoms with Crippen LogP contribution in [0.5, 0.6) is 23.0 Å². The zero-order valence-electron chi connectivity index (χ0n) is 20.6. The number of ether oxygens (including phenoxy) is 2. The second-order valence-electron chi connectivity index (χ2n) is 9.46. The van der Waals surface area contributed by atoms with E-state index in [9.17, 15) is 23.1 Å². The second-order valence-corrected chi connectivity index (χ2v) is 10.5. The van der Waals surface area contributed by atoms with Gasteiger partial charge in [-0.2, -0.15) is 13.2 Å². The number of carbonyl (C=O) groups is 1. The van der Waals surface area contributed by atoms with Crippen molar-refractivity contribution in [1.29, 1.82) is 0 Å². The van der Waals surface area contributed by atoms with E-state index in [-0.39, 0.29) is 21.9 Å². The van der Waals surface area contributed by atoms with E-state index in [1.807, 2.05) is 0 Å². The molecule has 5 rings (SSSR count). The van der Waals surface area contributed by atoms with E-state index in [2.05, 4.69) is 11.8 Å². The first kappa shape index (κ1) is 26.1. The Morgan fingerprint density at radius 1 is 1.05 bits per heavy atom. The molecule has 5 nitrogen and oxygen atoms in total. The van der Waals surface area contributed by atoms with Crippen LogP contribution in [-0.2, 0) is 6.18 Å². The van der Waals surface area contributed by atoms with Gasteiger partial charge in [0.1, 0.15) is 28.7 Å². The number of aromatic hydroxyl groups is 1. The number of phenolic OH excluding ortho intramolecular Hbond substituents is 1. The Balaban J connectivity index is 1.35. The molecule has 1 atom stereocenters. The summed E-state index contributed by atoms with van der Waals surface area (Å²) in [6, 6.07) is 15.8. The molecule has 3 aromatic carbocycles. The topological polar surface area (TPSA) is 59.0 Å². The molecule has 9 heteroatoms. The summed E-state index contributed by atoms with van der Waals surface area (Å²) >= 11 is 1.11. The van der Waals surface area contributed by atoms with Crippen molar-refractivity contribution in [3.8, 4) is 23.0 Å². The van der Waals surface area contributed by atoms with E-state index in [1.54, 1.807) is 30.3 Å². The molecule has 1 saturated heterocycles. The van der Waals surface area contributed by atoms with E-state index >= 15 is 0 Å². The van der Waals surface area contributed by atoms with Crippen molar-refractivity contribution in [2.45, 2.75) is 19.5 Å². The number of hydrogen-bond donors (Lipinski definition) is 1. The Kier molecular flexibility index (Phi) is 7.32. The van der Waals surface area contributed by atoms with Crippen molar-refractivity contribution in [1.82, 2.24) is 4.90 Å². The van der Waals surface area contributed by atoms with Gasteiger partial charge in [0.2, 0.25) is 5.78 Å². The number of benzene rings is 3. The number of hydrogen-bond acceptors (Lipinski definition) is 6. The van der Waals surface area contributed by atoms with Gasteiger partial charge < -0.3 is 14.6 Å². The minimum Gasteiger partial charge on any atom is -0.508 e. The van der Waals surface area contributed by atoms with Crippen LogP contribution in [0.25, 0.3) is 10.1 Å². The summed E-state index contributed by atoms with van der Waals surface area (Å²) in [5, 5.41) is 10.5. The molecule has 1 aliphatic rings. The fourth-order valence-corrected chi connectivity index (χ4v) is 5.62. The van der Waals surface area contributed by atoms with Crippen LogP contribution < -0.4 is 9.47 Å². The van der Waals surface area contributed by atoms with E-state index in [0.717, 1.165) is 61.2 Å². The normalized spacial score (nSPS) is 16.2. The summed E-state index contributed by atoms with van der Waals surface area (Å²) in [6.45, 7) is 5.89. The third-order valence-electron chi connectivity index (χ3n) is 6.54. The maximum atomic E-state index is 13.3. The van der Waals surface area contributed by atoms with Crippen LogP contribution in [0.3, 0.4) is 0 Å². The first-order chi connectivity index (χ1) is 18.2. The fourth-order valence-electron chi connectivity index (χ4n) is 4.50. The third-order valence-corrected chi connectivity index (χ3v) is 7.67. The highest BCUT2D eigenvalue weighted by atomic mass is 32.1. The van der Waals surface area contributed by atoms with Gasteiger partial charge in [0.15, 0.2) is 5.75 Å². The number of alkyl halides is 3. The zero-order chi connectivity index (χ0) is 26.9. The third kappa shape index (κ3) is 5.79. The number of halogens is 3. The van der Waals surface area contributed by atoms with Gasteiger partial charge in [-0.05, 0) is 73.5 Å². The van der Waals surface area contributed by atoms with Crippen LogP contribution in [0, 0.1) is 5.92 Å². The van der Waals surface area contributed by atoms with Gasteiger partial charge in [0, 0.05) is 28.7 Å². The summed E-state index contributed by atoms with van der Waals surface area (Å²) in [5.74, 6) is 1.74. The number of phenols is 1. The van der Waals surface area contributed by atoms with Crippen molar-refractivity contribution in [2.24, 2.45) is 5.92 Å². The number of ketones is 1. The lowest BCUT2D eigenvalue weighted by molar-refractivity contribution is -0.137. The highest BCUT2D eigenvalue weighted by molar-refractivity contribution is 7.21. The average molecular weight is 542 g/mol. The molecule has 38 heavy (non-hydrogen) atoms. The van der Waals surface area contributed by atoms with Crippen LogP contribution in [0.15, 0.2) is 66.7 Å². The molecule has 0 aliphatic carbocycles. The van der Waals surface area contributed by atoms with Crippen molar-refractivity contribution < 1.29 is 32.5 Å². The molecule has 1 N–H and O–H groups in total. The monoisotopic (exact) mass is 541 g/mol. The lowest BCUT2D eigenvalue weighted by Crippen LogP contribution is -2.25. The molecule has 0 unspecified atom stereocenters. The van der Waals surface area contributed by atoms with Crippen LogP contribution in [0.2, 0.25) is 0 Å². The summed E-state index contributed by atoms with van der Waals surface area (Å²) < 4.78 is 51.5. The van der Waals surface area contributed by atoms with Gasteiger partial charge in [-0.15, -0.1) is 11.3 Å². The summed E-state index contributed by atoms with van der Waals surface area (Å²) in [5.41, 5.74) is -0.723. The molecule has 2 heterocycles. The first-order valence-electron chi connectivity index (χ1n) is 12.3. The van der Waals surface area contributed by atoms with E-state index < -0.39 is 17.5 Å². The minimum atomic E-state index is -4.49. The Bertz CT molecular complexity index is 1430. The quantitative estimate of drug-likeness (QED) is 0.236. The highest BCUT2D eigenvalue weighted by Gasteiger charge is 2.31.